The molecule has 0 atom stereocenters. The lowest BCUT2D eigenvalue weighted by molar-refractivity contribution is 0.177. The third-order valence-electron chi connectivity index (χ3n) is 5.49. The SMILES string of the molecule is CC.CC.CC.CCCN(CCC)c1cc(/C=N/Nc2ccc(CC)s2)nc(OCCN2CCCCC2)n1. The number of anilines is 2. The molecule has 8 heteroatoms. The van der Waals surface area contributed by atoms with Gasteiger partial charge in [-0.15, -0.1) is 11.3 Å². The fourth-order valence-electron chi connectivity index (χ4n) is 3.84. The topological polar surface area (TPSA) is 65.9 Å². The molecule has 0 unspecified atom stereocenters. The van der Waals surface area contributed by atoms with Crippen LogP contribution >= 0.6 is 11.3 Å². The number of likely N-dealkylation sites (tertiary alicyclic amines) is 1. The number of aryl methyl sites for hydroxylation is 1. The number of piperidine rings is 1. The van der Waals surface area contributed by atoms with E-state index in [9.17, 15) is 0 Å². The lowest BCUT2D eigenvalue weighted by atomic mass is 10.1. The molecule has 3 heterocycles. The van der Waals surface area contributed by atoms with Crippen molar-refractivity contribution in [3.05, 3.63) is 28.8 Å². The number of nitrogens with zero attached hydrogens (tertiary/aromatic N) is 5. The molecule has 38 heavy (non-hydrogen) atoms. The minimum atomic E-state index is 0.433. The molecule has 0 spiro atoms. The molecule has 0 amide bonds. The average molecular weight is 549 g/mol. The van der Waals surface area contributed by atoms with Gasteiger partial charge in [-0.2, -0.15) is 15.1 Å². The minimum Gasteiger partial charge on any atom is -0.462 e. The molecule has 1 fully saturated rings. The molecule has 3 rings (SSSR count). The first kappa shape index (κ1) is 35.8. The zero-order valence-corrected chi connectivity index (χ0v) is 26.7. The third kappa shape index (κ3) is 14.1. The number of rotatable bonds is 13. The van der Waals surface area contributed by atoms with Crippen LogP contribution in [-0.4, -0.2) is 60.4 Å². The molecular weight excluding hydrogens is 492 g/mol. The second-order valence-corrected chi connectivity index (χ2v) is 9.33. The lowest BCUT2D eigenvalue weighted by Gasteiger charge is -2.26. The van der Waals surface area contributed by atoms with Gasteiger partial charge in [-0.05, 0) is 57.3 Å². The summed E-state index contributed by atoms with van der Waals surface area (Å²) in [7, 11) is 0. The van der Waals surface area contributed by atoms with Crippen LogP contribution in [0.1, 0.15) is 105 Å². The van der Waals surface area contributed by atoms with Crippen molar-refractivity contribution in [1.82, 2.24) is 14.9 Å². The Morgan fingerprint density at radius 3 is 2.21 bits per heavy atom. The predicted octanol–water partition coefficient (Wildman–Crippen LogP) is 8.12. The summed E-state index contributed by atoms with van der Waals surface area (Å²) in [6.07, 6.45) is 8.84. The monoisotopic (exact) mass is 548 g/mol. The minimum absolute atomic E-state index is 0.433. The highest BCUT2D eigenvalue weighted by atomic mass is 32.1. The van der Waals surface area contributed by atoms with E-state index in [1.165, 1.54) is 24.1 Å². The predicted molar refractivity (Wildman–Crippen MR) is 170 cm³/mol. The van der Waals surface area contributed by atoms with E-state index in [0.717, 1.165) is 68.5 Å². The van der Waals surface area contributed by atoms with Crippen molar-refractivity contribution in [2.45, 2.75) is 101 Å². The van der Waals surface area contributed by atoms with Crippen molar-refractivity contribution < 1.29 is 4.74 Å². The third-order valence-corrected chi connectivity index (χ3v) is 6.63. The molecule has 218 valence electrons. The van der Waals surface area contributed by atoms with E-state index < -0.39 is 0 Å². The molecule has 0 aromatic carbocycles. The van der Waals surface area contributed by atoms with Gasteiger partial charge in [0.2, 0.25) is 0 Å². The molecular formula is C30H56N6OS. The van der Waals surface area contributed by atoms with Crippen molar-refractivity contribution in [2.24, 2.45) is 5.10 Å². The highest BCUT2D eigenvalue weighted by molar-refractivity contribution is 7.16. The number of aromatic nitrogens is 2. The first-order chi connectivity index (χ1) is 18.7. The van der Waals surface area contributed by atoms with Crippen LogP contribution in [-0.2, 0) is 6.42 Å². The summed E-state index contributed by atoms with van der Waals surface area (Å²) in [6, 6.07) is 6.63. The summed E-state index contributed by atoms with van der Waals surface area (Å²) in [6.45, 7) is 24.3. The molecule has 2 aromatic rings. The van der Waals surface area contributed by atoms with Gasteiger partial charge in [0.05, 0.1) is 11.9 Å². The van der Waals surface area contributed by atoms with Gasteiger partial charge in [-0.25, -0.2) is 0 Å². The number of hydrazone groups is 1. The summed E-state index contributed by atoms with van der Waals surface area (Å²) in [4.78, 5) is 15.4. The first-order valence-electron chi connectivity index (χ1n) is 15.1. The Kier molecular flexibility index (Phi) is 22.5. The van der Waals surface area contributed by atoms with Gasteiger partial charge in [-0.3, -0.25) is 10.3 Å². The van der Waals surface area contributed by atoms with Crippen LogP contribution in [0.2, 0.25) is 0 Å². The Morgan fingerprint density at radius 1 is 0.974 bits per heavy atom. The molecule has 1 aliphatic heterocycles. The number of hydrogen-bond donors (Lipinski definition) is 1. The Bertz CT molecular complexity index is 830. The summed E-state index contributed by atoms with van der Waals surface area (Å²) in [5.41, 5.74) is 3.87. The second kappa shape index (κ2) is 23.9. The van der Waals surface area contributed by atoms with Crippen LogP contribution in [0, 0.1) is 0 Å². The Balaban J connectivity index is 0.00000213. The van der Waals surface area contributed by atoms with Crippen LogP contribution in [0.25, 0.3) is 0 Å². The molecule has 7 nitrogen and oxygen atoms in total. The molecule has 1 saturated heterocycles. The smallest absolute Gasteiger partial charge is 0.319 e. The van der Waals surface area contributed by atoms with Crippen molar-refractivity contribution in [2.75, 3.05) is 49.7 Å². The van der Waals surface area contributed by atoms with E-state index in [0.29, 0.717) is 12.6 Å². The largest absolute Gasteiger partial charge is 0.462 e. The van der Waals surface area contributed by atoms with E-state index in [-0.39, 0.29) is 0 Å². The number of ether oxygens (including phenoxy) is 1. The van der Waals surface area contributed by atoms with Gasteiger partial charge in [0.1, 0.15) is 17.4 Å². The quantitative estimate of drug-likeness (QED) is 0.201. The first-order valence-corrected chi connectivity index (χ1v) is 15.9. The zero-order valence-electron chi connectivity index (χ0n) is 25.8. The summed E-state index contributed by atoms with van der Waals surface area (Å²) < 4.78 is 6.01. The molecule has 1 N–H and O–H groups in total. The molecule has 1 aliphatic rings. The molecule has 2 aromatic heterocycles. The standard InChI is InChI=1S/C24H38N6OS.3C2H6/c1-4-12-30(13-5-2)22-18-20(19-25-28-23-11-10-21(6-3)32-23)26-24(27-22)31-17-16-29-14-8-7-9-15-29;3*1-2/h10-11,18-19,28H,4-9,12-17H2,1-3H3;3*1-2H3/b25-19+;;;. The van der Waals surface area contributed by atoms with Crippen molar-refractivity contribution in [1.29, 1.82) is 0 Å². The zero-order chi connectivity index (χ0) is 28.6. The van der Waals surface area contributed by atoms with Crippen LogP contribution in [0.15, 0.2) is 23.3 Å². The lowest BCUT2D eigenvalue weighted by Crippen LogP contribution is -2.33. The van der Waals surface area contributed by atoms with Gasteiger partial charge in [0.25, 0.3) is 0 Å². The number of thiophene rings is 1. The van der Waals surface area contributed by atoms with Crippen molar-refractivity contribution >= 4 is 28.4 Å². The van der Waals surface area contributed by atoms with Crippen molar-refractivity contribution in [3.63, 3.8) is 0 Å². The number of nitrogens with one attached hydrogen (secondary N) is 1. The fraction of sp³-hybridized carbons (Fsp3) is 0.700. The van der Waals surface area contributed by atoms with Crippen LogP contribution in [0.4, 0.5) is 10.8 Å². The second-order valence-electron chi connectivity index (χ2n) is 8.16. The van der Waals surface area contributed by atoms with Gasteiger partial charge in [-0.1, -0.05) is 68.7 Å². The highest BCUT2D eigenvalue weighted by Gasteiger charge is 2.13. The maximum atomic E-state index is 6.01. The summed E-state index contributed by atoms with van der Waals surface area (Å²) in [5, 5.41) is 5.44. The van der Waals surface area contributed by atoms with Gasteiger partial charge in [0.15, 0.2) is 0 Å². The number of hydrogen-bond acceptors (Lipinski definition) is 8. The van der Waals surface area contributed by atoms with Crippen LogP contribution in [0.5, 0.6) is 6.01 Å². The van der Waals surface area contributed by atoms with Crippen LogP contribution in [0.3, 0.4) is 0 Å². The van der Waals surface area contributed by atoms with E-state index >= 15 is 0 Å². The summed E-state index contributed by atoms with van der Waals surface area (Å²) >= 11 is 1.72. The normalized spacial score (nSPS) is 12.9. The molecule has 0 aliphatic carbocycles. The van der Waals surface area contributed by atoms with E-state index in [2.05, 4.69) is 58.2 Å². The molecule has 0 radical (unpaired) electrons. The van der Waals surface area contributed by atoms with Crippen molar-refractivity contribution in [3.8, 4) is 6.01 Å². The van der Waals surface area contributed by atoms with E-state index in [1.54, 1.807) is 17.6 Å². The van der Waals surface area contributed by atoms with E-state index in [1.807, 2.05) is 47.6 Å². The van der Waals surface area contributed by atoms with Crippen LogP contribution < -0.4 is 15.1 Å². The Morgan fingerprint density at radius 2 is 1.63 bits per heavy atom. The Labute approximate surface area is 238 Å². The molecule has 0 bridgehead atoms. The maximum absolute atomic E-state index is 6.01. The average Bonchev–Trinajstić information content (AvgIpc) is 3.45. The van der Waals surface area contributed by atoms with Gasteiger partial charge in [0, 0.05) is 30.6 Å². The fourth-order valence-corrected chi connectivity index (χ4v) is 4.64. The summed E-state index contributed by atoms with van der Waals surface area (Å²) in [5.74, 6) is 0.905. The van der Waals surface area contributed by atoms with Gasteiger partial charge >= 0.3 is 6.01 Å². The highest BCUT2D eigenvalue weighted by Crippen LogP contribution is 2.22. The van der Waals surface area contributed by atoms with Gasteiger partial charge < -0.3 is 9.64 Å². The maximum Gasteiger partial charge on any atom is 0.319 e. The Hall–Kier alpha value is -2.19. The van der Waals surface area contributed by atoms with E-state index in [4.69, 9.17) is 9.72 Å². The molecule has 0 saturated carbocycles.